The summed E-state index contributed by atoms with van der Waals surface area (Å²) in [6.07, 6.45) is 8.29. The number of fused-ring (bicyclic) bond motifs is 7. The maximum Gasteiger partial charge on any atom is 0.303 e. The number of hydrogen-bond acceptors (Lipinski definition) is 6. The second kappa shape index (κ2) is 7.13. The molecule has 6 nitrogen and oxygen atoms in total. The van der Waals surface area contributed by atoms with E-state index in [4.69, 9.17) is 14.2 Å². The maximum absolute atomic E-state index is 13.7. The molecular formula is C26H38O6. The Bertz CT molecular complexity index is 862. The third-order valence-electron chi connectivity index (χ3n) is 9.89. The molecule has 4 aliphatic carbocycles. The number of hydrogen-bond donors (Lipinski definition) is 1. The van der Waals surface area contributed by atoms with E-state index in [-0.39, 0.29) is 35.4 Å². The Kier molecular flexibility index (Phi) is 5.02. The van der Waals surface area contributed by atoms with E-state index in [1.807, 2.05) is 13.8 Å². The summed E-state index contributed by atoms with van der Waals surface area (Å²) in [5, 5.41) is 10.2. The van der Waals surface area contributed by atoms with Crippen molar-refractivity contribution in [2.45, 2.75) is 103 Å². The van der Waals surface area contributed by atoms with Gasteiger partial charge in [-0.15, -0.1) is 0 Å². The van der Waals surface area contributed by atoms with Crippen molar-refractivity contribution in [1.82, 2.24) is 0 Å². The molecule has 178 valence electrons. The molecule has 5 rings (SSSR count). The van der Waals surface area contributed by atoms with Crippen molar-refractivity contribution in [3.63, 3.8) is 0 Å². The van der Waals surface area contributed by atoms with E-state index in [0.29, 0.717) is 17.8 Å². The van der Waals surface area contributed by atoms with Crippen molar-refractivity contribution in [3.05, 3.63) is 11.6 Å². The van der Waals surface area contributed by atoms with Gasteiger partial charge < -0.3 is 19.3 Å². The van der Waals surface area contributed by atoms with Gasteiger partial charge in [-0.05, 0) is 82.0 Å². The Morgan fingerprint density at radius 3 is 2.62 bits per heavy atom. The minimum atomic E-state index is -1.07. The van der Waals surface area contributed by atoms with Crippen LogP contribution in [0.15, 0.2) is 11.6 Å². The molecule has 1 saturated heterocycles. The molecule has 8 atom stereocenters. The van der Waals surface area contributed by atoms with Gasteiger partial charge in [-0.1, -0.05) is 25.5 Å². The largest absolute Gasteiger partial charge is 0.458 e. The predicted octanol–water partition coefficient (Wildman–Crippen LogP) is 3.94. The van der Waals surface area contributed by atoms with E-state index in [0.717, 1.165) is 44.9 Å². The highest BCUT2D eigenvalue weighted by atomic mass is 16.8. The summed E-state index contributed by atoms with van der Waals surface area (Å²) in [7, 11) is 0. The van der Waals surface area contributed by atoms with Crippen LogP contribution in [0.5, 0.6) is 0 Å². The first kappa shape index (κ1) is 22.5. The summed E-state index contributed by atoms with van der Waals surface area (Å²) in [5.41, 5.74) is 0.139. The van der Waals surface area contributed by atoms with Gasteiger partial charge >= 0.3 is 5.97 Å². The number of ether oxygens (including phenoxy) is 3. The second-order valence-corrected chi connectivity index (χ2v) is 11.9. The van der Waals surface area contributed by atoms with Gasteiger partial charge in [0.15, 0.2) is 18.0 Å². The SMILES string of the molecule is CC(=O)OCC(=O)[C@@]12OC(C)(C)O[C@@H]1C[C@H]1[C@@H]3CC=C4C[C@@H](O)CC[C@]4(C)[C@H]3CC[C@@]12C. The van der Waals surface area contributed by atoms with Crippen LogP contribution < -0.4 is 0 Å². The molecule has 0 spiro atoms. The Morgan fingerprint density at radius 2 is 1.91 bits per heavy atom. The van der Waals surface area contributed by atoms with E-state index in [2.05, 4.69) is 19.9 Å². The molecule has 0 radical (unpaired) electrons. The van der Waals surface area contributed by atoms with Gasteiger partial charge in [-0.2, -0.15) is 0 Å². The fourth-order valence-corrected chi connectivity index (χ4v) is 8.52. The standard InChI is InChI=1S/C26H38O6/c1-15(27)30-14-21(29)26-22(31-23(2,3)32-26)13-20-18-7-6-16-12-17(28)8-10-24(16,4)19(18)9-11-25(20,26)5/h6,17-20,22,28H,7-14H2,1-5H3/t17-,18+,19-,20-,22+,24-,25-,26+/m0/s1. The van der Waals surface area contributed by atoms with Gasteiger partial charge in [0.2, 0.25) is 5.78 Å². The molecule has 0 amide bonds. The molecular weight excluding hydrogens is 408 g/mol. The van der Waals surface area contributed by atoms with Gasteiger partial charge in [0, 0.05) is 12.3 Å². The number of carbonyl (C=O) groups is 2. The summed E-state index contributed by atoms with van der Waals surface area (Å²) in [4.78, 5) is 25.1. The van der Waals surface area contributed by atoms with Crippen LogP contribution in [0, 0.1) is 28.6 Å². The molecule has 4 fully saturated rings. The number of esters is 1. The minimum absolute atomic E-state index is 0.136. The number of Topliss-reactive ketones (excluding diaryl/α,β-unsaturated/α-hetero) is 1. The van der Waals surface area contributed by atoms with Crippen molar-refractivity contribution < 1.29 is 28.9 Å². The molecule has 6 heteroatoms. The van der Waals surface area contributed by atoms with Crippen molar-refractivity contribution >= 4 is 11.8 Å². The Hall–Kier alpha value is -1.24. The average Bonchev–Trinajstić information content (AvgIpc) is 3.12. The third-order valence-corrected chi connectivity index (χ3v) is 9.89. The van der Waals surface area contributed by atoms with Crippen LogP contribution in [0.3, 0.4) is 0 Å². The maximum atomic E-state index is 13.7. The first-order valence-electron chi connectivity index (χ1n) is 12.4. The van der Waals surface area contributed by atoms with Crippen LogP contribution in [0.25, 0.3) is 0 Å². The Labute approximate surface area is 191 Å². The van der Waals surface area contributed by atoms with Gasteiger partial charge in [-0.25, -0.2) is 0 Å². The smallest absolute Gasteiger partial charge is 0.303 e. The highest BCUT2D eigenvalue weighted by molar-refractivity contribution is 5.92. The van der Waals surface area contributed by atoms with Gasteiger partial charge in [0.25, 0.3) is 0 Å². The van der Waals surface area contributed by atoms with E-state index >= 15 is 0 Å². The highest BCUT2D eigenvalue weighted by Crippen LogP contribution is 2.70. The topological polar surface area (TPSA) is 82.1 Å². The van der Waals surface area contributed by atoms with Crippen LogP contribution in [-0.2, 0) is 23.8 Å². The van der Waals surface area contributed by atoms with E-state index in [1.165, 1.54) is 12.5 Å². The molecule has 1 aliphatic heterocycles. The summed E-state index contributed by atoms with van der Waals surface area (Å²) in [6, 6.07) is 0. The van der Waals surface area contributed by atoms with Crippen LogP contribution >= 0.6 is 0 Å². The number of aliphatic hydroxyl groups excluding tert-OH is 1. The lowest BCUT2D eigenvalue weighted by molar-refractivity contribution is -0.215. The third kappa shape index (κ3) is 2.94. The van der Waals surface area contributed by atoms with E-state index in [1.54, 1.807) is 0 Å². The predicted molar refractivity (Wildman–Crippen MR) is 118 cm³/mol. The minimum Gasteiger partial charge on any atom is -0.458 e. The van der Waals surface area contributed by atoms with Crippen LogP contribution in [0.2, 0.25) is 0 Å². The lowest BCUT2D eigenvalue weighted by atomic mass is 9.46. The first-order valence-corrected chi connectivity index (χ1v) is 12.4. The molecule has 5 aliphatic rings. The zero-order valence-corrected chi connectivity index (χ0v) is 20.1. The quantitative estimate of drug-likeness (QED) is 0.522. The zero-order valence-electron chi connectivity index (χ0n) is 20.1. The molecule has 1 N–H and O–H groups in total. The molecule has 0 aromatic rings. The van der Waals surface area contributed by atoms with Crippen LogP contribution in [0.1, 0.15) is 79.6 Å². The molecule has 1 heterocycles. The summed E-state index contributed by atoms with van der Waals surface area (Å²) in [5.74, 6) is -0.120. The number of carbonyl (C=O) groups excluding carboxylic acids is 2. The lowest BCUT2D eigenvalue weighted by Gasteiger charge is -2.59. The van der Waals surface area contributed by atoms with Crippen molar-refractivity contribution in [2.75, 3.05) is 6.61 Å². The molecule has 0 bridgehead atoms. The lowest BCUT2D eigenvalue weighted by Crippen LogP contribution is -2.61. The highest BCUT2D eigenvalue weighted by Gasteiger charge is 2.75. The zero-order chi connectivity index (χ0) is 23.1. The summed E-state index contributed by atoms with van der Waals surface area (Å²) < 4.78 is 18.1. The van der Waals surface area contributed by atoms with Gasteiger partial charge in [-0.3, -0.25) is 9.59 Å². The number of allylic oxidation sites excluding steroid dienone is 1. The fourth-order valence-electron chi connectivity index (χ4n) is 8.52. The number of ketones is 1. The molecule has 3 saturated carbocycles. The summed E-state index contributed by atoms with van der Waals surface area (Å²) >= 11 is 0. The van der Waals surface area contributed by atoms with Crippen molar-refractivity contribution in [1.29, 1.82) is 0 Å². The Balaban J connectivity index is 1.51. The molecule has 0 aromatic carbocycles. The monoisotopic (exact) mass is 446 g/mol. The normalized spacial score (nSPS) is 48.7. The molecule has 0 aromatic heterocycles. The number of rotatable bonds is 3. The Morgan fingerprint density at radius 1 is 1.16 bits per heavy atom. The van der Waals surface area contributed by atoms with E-state index in [9.17, 15) is 14.7 Å². The van der Waals surface area contributed by atoms with Gasteiger partial charge in [0.05, 0.1) is 12.2 Å². The fraction of sp³-hybridized carbons (Fsp3) is 0.846. The van der Waals surface area contributed by atoms with Crippen LogP contribution in [0.4, 0.5) is 0 Å². The van der Waals surface area contributed by atoms with Crippen molar-refractivity contribution in [3.8, 4) is 0 Å². The van der Waals surface area contributed by atoms with Crippen LogP contribution in [-0.4, -0.2) is 47.1 Å². The number of aliphatic hydroxyl groups is 1. The average molecular weight is 447 g/mol. The van der Waals surface area contributed by atoms with Gasteiger partial charge in [0.1, 0.15) is 0 Å². The first-order chi connectivity index (χ1) is 14.9. The van der Waals surface area contributed by atoms with E-state index < -0.39 is 17.4 Å². The second-order valence-electron chi connectivity index (χ2n) is 11.9. The summed E-state index contributed by atoms with van der Waals surface area (Å²) in [6.45, 7) is 9.44. The molecule has 32 heavy (non-hydrogen) atoms. The van der Waals surface area contributed by atoms with Crippen molar-refractivity contribution in [2.24, 2.45) is 28.6 Å². The molecule has 0 unspecified atom stereocenters.